The molecule has 0 amide bonds. The molecule has 5 nitrogen and oxygen atoms in total. The lowest BCUT2D eigenvalue weighted by molar-refractivity contribution is -0.697. The molecule has 1 aromatic rings. The lowest BCUT2D eigenvalue weighted by Crippen LogP contribution is -2.32. The number of aryl methyl sites for hydroxylation is 1. The summed E-state index contributed by atoms with van der Waals surface area (Å²) >= 11 is 0. The molecule has 0 aliphatic rings. The van der Waals surface area contributed by atoms with Crippen molar-refractivity contribution >= 4 is 17.5 Å². The standard InChI is InChI=1S/C38H66NO4/c1-3-5-6-7-8-9-12-15-21-28-36(40)29-23-18-20-27-35(38(42)43-4-2)34-37(41)30-22-16-13-10-11-14-17-24-31-39-32-25-19-26-33-39/h19,25-26,32-33,35H,3-18,20-24,27-31,34H2,1-2H3/q+1/t35-/m1/s1. The largest absolute Gasteiger partial charge is 0.466 e. The van der Waals surface area contributed by atoms with Crippen molar-refractivity contribution < 1.29 is 23.7 Å². The fourth-order valence-corrected chi connectivity index (χ4v) is 5.85. The van der Waals surface area contributed by atoms with E-state index in [9.17, 15) is 14.4 Å². The van der Waals surface area contributed by atoms with E-state index in [0.717, 1.165) is 45.1 Å². The molecule has 1 rings (SSSR count). The number of ether oxygens (including phenoxy) is 1. The van der Waals surface area contributed by atoms with Gasteiger partial charge in [-0.2, -0.15) is 0 Å². The van der Waals surface area contributed by atoms with Gasteiger partial charge in [-0.25, -0.2) is 4.57 Å². The van der Waals surface area contributed by atoms with Crippen LogP contribution in [0.25, 0.3) is 0 Å². The third-order valence-electron chi connectivity index (χ3n) is 8.56. The van der Waals surface area contributed by atoms with E-state index in [-0.39, 0.29) is 17.7 Å². The number of nitrogens with zero attached hydrogens (tertiary/aromatic N) is 1. The fraction of sp³-hybridized carbons (Fsp3) is 0.789. The Bertz CT molecular complexity index is 809. The number of carbonyl (C=O) groups excluding carboxylic acids is 3. The molecule has 1 heterocycles. The summed E-state index contributed by atoms with van der Waals surface area (Å²) in [5.41, 5.74) is 0. The molecule has 0 N–H and O–H groups in total. The summed E-state index contributed by atoms with van der Waals surface area (Å²) in [6.45, 7) is 5.51. The maximum Gasteiger partial charge on any atom is 0.309 e. The third kappa shape index (κ3) is 24.0. The van der Waals surface area contributed by atoms with Crippen LogP contribution in [0.15, 0.2) is 30.6 Å². The third-order valence-corrected chi connectivity index (χ3v) is 8.56. The summed E-state index contributed by atoms with van der Waals surface area (Å²) in [5.74, 6) is -0.00282. The molecule has 0 saturated heterocycles. The predicted octanol–water partition coefficient (Wildman–Crippen LogP) is 10.1. The molecule has 0 radical (unpaired) electrons. The van der Waals surface area contributed by atoms with Crippen molar-refractivity contribution in [2.24, 2.45) is 5.92 Å². The van der Waals surface area contributed by atoms with Crippen molar-refractivity contribution in [2.45, 2.75) is 181 Å². The first kappa shape index (κ1) is 39.0. The highest BCUT2D eigenvalue weighted by Crippen LogP contribution is 2.20. The molecular weight excluding hydrogens is 534 g/mol. The maximum atomic E-state index is 12.6. The average molecular weight is 601 g/mol. The molecule has 0 fully saturated rings. The molecule has 5 heteroatoms. The summed E-state index contributed by atoms with van der Waals surface area (Å²) in [6.07, 6.45) is 30.7. The average Bonchev–Trinajstić information content (AvgIpc) is 3.01. The molecule has 1 aromatic heterocycles. The Kier molecular flexibility index (Phi) is 26.0. The Morgan fingerprint density at radius 3 is 1.56 bits per heavy atom. The van der Waals surface area contributed by atoms with Crippen LogP contribution >= 0.6 is 0 Å². The zero-order valence-corrected chi connectivity index (χ0v) is 28.1. The summed E-state index contributed by atoms with van der Waals surface area (Å²) in [4.78, 5) is 37.4. The summed E-state index contributed by atoms with van der Waals surface area (Å²) in [6, 6.07) is 6.20. The second-order valence-corrected chi connectivity index (χ2v) is 12.6. The topological polar surface area (TPSA) is 64.3 Å². The van der Waals surface area contributed by atoms with E-state index in [0.29, 0.717) is 44.5 Å². The van der Waals surface area contributed by atoms with Crippen molar-refractivity contribution in [1.82, 2.24) is 0 Å². The van der Waals surface area contributed by atoms with Crippen molar-refractivity contribution in [2.75, 3.05) is 6.61 Å². The minimum atomic E-state index is -0.334. The van der Waals surface area contributed by atoms with Crippen LogP contribution in [-0.4, -0.2) is 24.1 Å². The monoisotopic (exact) mass is 600 g/mol. The molecule has 0 saturated carbocycles. The SMILES string of the molecule is CCCCCCCCCCCC(=O)CCCCC[C@H](CC(=O)CCCCCCCCCC[n+]1ccccc1)C(=O)OCC. The second-order valence-electron chi connectivity index (χ2n) is 12.6. The van der Waals surface area contributed by atoms with Crippen LogP contribution in [0.2, 0.25) is 0 Å². The van der Waals surface area contributed by atoms with Gasteiger partial charge in [0.25, 0.3) is 0 Å². The van der Waals surface area contributed by atoms with Gasteiger partial charge in [0.2, 0.25) is 0 Å². The molecule has 0 bridgehead atoms. The van der Waals surface area contributed by atoms with Gasteiger partial charge in [0, 0.05) is 44.2 Å². The van der Waals surface area contributed by atoms with Gasteiger partial charge in [-0.3, -0.25) is 14.4 Å². The van der Waals surface area contributed by atoms with E-state index in [2.05, 4.69) is 42.1 Å². The predicted molar refractivity (Wildman–Crippen MR) is 178 cm³/mol. The van der Waals surface area contributed by atoms with E-state index in [1.807, 2.05) is 6.92 Å². The first-order valence-electron chi connectivity index (χ1n) is 18.2. The molecule has 0 aromatic carbocycles. The van der Waals surface area contributed by atoms with Gasteiger partial charge >= 0.3 is 5.97 Å². The van der Waals surface area contributed by atoms with Crippen LogP contribution in [-0.2, 0) is 25.7 Å². The Morgan fingerprint density at radius 2 is 1.02 bits per heavy atom. The minimum Gasteiger partial charge on any atom is -0.466 e. The molecular formula is C38H66NO4+. The lowest BCUT2D eigenvalue weighted by atomic mass is 9.93. The molecule has 0 aliphatic heterocycles. The zero-order valence-electron chi connectivity index (χ0n) is 28.1. The number of esters is 1. The van der Waals surface area contributed by atoms with Crippen LogP contribution in [0.4, 0.5) is 0 Å². The number of aromatic nitrogens is 1. The first-order chi connectivity index (χ1) is 21.1. The number of hydrogen-bond acceptors (Lipinski definition) is 4. The summed E-state index contributed by atoms with van der Waals surface area (Å²) in [5, 5.41) is 0. The fourth-order valence-electron chi connectivity index (χ4n) is 5.85. The van der Waals surface area contributed by atoms with Gasteiger partial charge in [-0.05, 0) is 39.0 Å². The highest BCUT2D eigenvalue weighted by atomic mass is 16.5. The maximum absolute atomic E-state index is 12.6. The van der Waals surface area contributed by atoms with Crippen molar-refractivity contribution in [3.8, 4) is 0 Å². The number of hydrogen-bond donors (Lipinski definition) is 0. The first-order valence-corrected chi connectivity index (χ1v) is 18.2. The van der Waals surface area contributed by atoms with Crippen LogP contribution in [0, 0.1) is 5.92 Å². The smallest absolute Gasteiger partial charge is 0.309 e. The molecule has 0 aliphatic carbocycles. The molecule has 43 heavy (non-hydrogen) atoms. The summed E-state index contributed by atoms with van der Waals surface area (Å²) in [7, 11) is 0. The molecule has 0 spiro atoms. The van der Waals surface area contributed by atoms with E-state index < -0.39 is 0 Å². The van der Waals surface area contributed by atoms with Crippen LogP contribution in [0.1, 0.15) is 174 Å². The number of ketones is 2. The lowest BCUT2D eigenvalue weighted by Gasteiger charge is -2.15. The normalized spacial score (nSPS) is 11.9. The van der Waals surface area contributed by atoms with Gasteiger partial charge in [0.15, 0.2) is 12.4 Å². The Morgan fingerprint density at radius 1 is 0.558 bits per heavy atom. The van der Waals surface area contributed by atoms with Crippen LogP contribution in [0.5, 0.6) is 0 Å². The Labute approximate surface area is 265 Å². The number of unbranched alkanes of at least 4 members (excludes halogenated alkanes) is 17. The van der Waals surface area contributed by atoms with Gasteiger partial charge in [-0.15, -0.1) is 0 Å². The molecule has 1 atom stereocenters. The zero-order chi connectivity index (χ0) is 31.2. The minimum absolute atomic E-state index is 0.188. The van der Waals surface area contributed by atoms with Crippen LogP contribution < -0.4 is 4.57 Å². The van der Waals surface area contributed by atoms with E-state index >= 15 is 0 Å². The Hall–Kier alpha value is -2.04. The van der Waals surface area contributed by atoms with Gasteiger partial charge in [0.1, 0.15) is 18.1 Å². The summed E-state index contributed by atoms with van der Waals surface area (Å²) < 4.78 is 7.52. The highest BCUT2D eigenvalue weighted by molar-refractivity contribution is 5.84. The van der Waals surface area contributed by atoms with Crippen molar-refractivity contribution in [1.29, 1.82) is 0 Å². The molecule has 246 valence electrons. The van der Waals surface area contributed by atoms with Crippen molar-refractivity contribution in [3.63, 3.8) is 0 Å². The number of Topliss-reactive ketones (excluding diaryl/α,β-unsaturated/α-hetero) is 2. The van der Waals surface area contributed by atoms with E-state index in [1.54, 1.807) is 0 Å². The van der Waals surface area contributed by atoms with Crippen LogP contribution in [0.3, 0.4) is 0 Å². The second kappa shape index (κ2) is 28.7. The number of carbonyl (C=O) groups is 3. The number of rotatable bonds is 31. The number of pyridine rings is 1. The van der Waals surface area contributed by atoms with Crippen molar-refractivity contribution in [3.05, 3.63) is 30.6 Å². The van der Waals surface area contributed by atoms with Gasteiger partial charge < -0.3 is 4.74 Å². The molecule has 0 unspecified atom stereocenters. The van der Waals surface area contributed by atoms with Gasteiger partial charge in [0.05, 0.1) is 12.5 Å². The van der Waals surface area contributed by atoms with E-state index in [1.165, 1.54) is 89.9 Å². The van der Waals surface area contributed by atoms with E-state index in [4.69, 9.17) is 4.74 Å². The van der Waals surface area contributed by atoms with Gasteiger partial charge in [-0.1, -0.05) is 109 Å². The highest BCUT2D eigenvalue weighted by Gasteiger charge is 2.22. The Balaban J connectivity index is 2.06. The quantitative estimate of drug-likeness (QED) is 0.0483.